The standard InChI is InChI=1S/C23H31NO3S/c1-26-21-6-4-5-17(13-21)15-24(19-8-10-20(25)11-9-19)16-18-7-12-23(28-3)22(14-18)27-2/h4-7,12-14,19-20,25H,8-11,15-16H2,1-3H3. The van der Waals surface area contributed by atoms with E-state index in [0.29, 0.717) is 6.04 Å². The van der Waals surface area contributed by atoms with Crippen molar-refractivity contribution in [3.05, 3.63) is 53.6 Å². The third-order valence-corrected chi connectivity index (χ3v) is 6.31. The molecule has 0 spiro atoms. The molecular formula is C23H31NO3S. The smallest absolute Gasteiger partial charge is 0.132 e. The van der Waals surface area contributed by atoms with Crippen LogP contribution < -0.4 is 9.47 Å². The van der Waals surface area contributed by atoms with Crippen LogP contribution in [0.25, 0.3) is 0 Å². The highest BCUT2D eigenvalue weighted by atomic mass is 32.2. The molecule has 0 atom stereocenters. The largest absolute Gasteiger partial charge is 0.497 e. The van der Waals surface area contributed by atoms with Gasteiger partial charge in [-0.1, -0.05) is 18.2 Å². The van der Waals surface area contributed by atoms with Gasteiger partial charge in [0.05, 0.1) is 20.3 Å². The highest BCUT2D eigenvalue weighted by Gasteiger charge is 2.25. The fourth-order valence-corrected chi connectivity index (χ4v) is 4.50. The molecule has 0 saturated heterocycles. The number of ether oxygens (including phenoxy) is 2. The van der Waals surface area contributed by atoms with Crippen molar-refractivity contribution in [3.63, 3.8) is 0 Å². The Kier molecular flexibility index (Phi) is 7.65. The van der Waals surface area contributed by atoms with E-state index in [2.05, 4.69) is 41.5 Å². The van der Waals surface area contributed by atoms with E-state index in [0.717, 1.165) is 55.2 Å². The van der Waals surface area contributed by atoms with E-state index in [1.165, 1.54) is 11.1 Å². The van der Waals surface area contributed by atoms with E-state index >= 15 is 0 Å². The lowest BCUT2D eigenvalue weighted by Gasteiger charge is -2.36. The molecule has 0 amide bonds. The van der Waals surface area contributed by atoms with Crippen molar-refractivity contribution in [1.29, 1.82) is 0 Å². The Hall–Kier alpha value is -1.69. The van der Waals surface area contributed by atoms with Crippen LogP contribution in [0.2, 0.25) is 0 Å². The van der Waals surface area contributed by atoms with Gasteiger partial charge >= 0.3 is 0 Å². The number of hydrogen-bond acceptors (Lipinski definition) is 5. The van der Waals surface area contributed by atoms with Crippen molar-refractivity contribution in [2.45, 2.75) is 55.8 Å². The number of nitrogens with zero attached hydrogens (tertiary/aromatic N) is 1. The minimum atomic E-state index is -0.143. The lowest BCUT2D eigenvalue weighted by molar-refractivity contribution is 0.0665. The maximum Gasteiger partial charge on any atom is 0.132 e. The van der Waals surface area contributed by atoms with Crippen molar-refractivity contribution in [3.8, 4) is 11.5 Å². The quantitative estimate of drug-likeness (QED) is 0.648. The Morgan fingerprint density at radius 1 is 0.964 bits per heavy atom. The number of aliphatic hydroxyl groups is 1. The molecule has 0 aromatic heterocycles. The summed E-state index contributed by atoms with van der Waals surface area (Å²) in [5.41, 5.74) is 2.50. The average molecular weight is 402 g/mol. The zero-order valence-electron chi connectivity index (χ0n) is 17.1. The summed E-state index contributed by atoms with van der Waals surface area (Å²) in [5, 5.41) is 9.93. The molecule has 28 heavy (non-hydrogen) atoms. The predicted molar refractivity (Wildman–Crippen MR) is 115 cm³/mol. The third-order valence-electron chi connectivity index (χ3n) is 5.54. The first-order chi connectivity index (χ1) is 13.6. The van der Waals surface area contributed by atoms with Gasteiger partial charge in [0.25, 0.3) is 0 Å². The molecule has 0 unspecified atom stereocenters. The number of thioether (sulfide) groups is 1. The van der Waals surface area contributed by atoms with Gasteiger partial charge < -0.3 is 14.6 Å². The first-order valence-electron chi connectivity index (χ1n) is 9.89. The highest BCUT2D eigenvalue weighted by Crippen LogP contribution is 2.31. The topological polar surface area (TPSA) is 41.9 Å². The first kappa shape index (κ1) is 21.0. The molecule has 2 aromatic rings. The zero-order valence-corrected chi connectivity index (χ0v) is 17.9. The van der Waals surface area contributed by atoms with Gasteiger partial charge in [-0.15, -0.1) is 11.8 Å². The normalized spacial score (nSPS) is 19.6. The van der Waals surface area contributed by atoms with E-state index in [1.54, 1.807) is 26.0 Å². The molecule has 3 rings (SSSR count). The van der Waals surface area contributed by atoms with Crippen LogP contribution >= 0.6 is 11.8 Å². The summed E-state index contributed by atoms with van der Waals surface area (Å²) < 4.78 is 11.0. The maximum atomic E-state index is 9.93. The van der Waals surface area contributed by atoms with Crippen molar-refractivity contribution in [2.24, 2.45) is 0 Å². The van der Waals surface area contributed by atoms with Gasteiger partial charge in [0.15, 0.2) is 0 Å². The van der Waals surface area contributed by atoms with Crippen LogP contribution in [0.3, 0.4) is 0 Å². The van der Waals surface area contributed by atoms with Crippen molar-refractivity contribution < 1.29 is 14.6 Å². The van der Waals surface area contributed by atoms with Crippen LogP contribution in [-0.2, 0) is 13.1 Å². The number of methoxy groups -OCH3 is 2. The average Bonchev–Trinajstić information content (AvgIpc) is 2.74. The van der Waals surface area contributed by atoms with Crippen LogP contribution in [0.15, 0.2) is 47.4 Å². The van der Waals surface area contributed by atoms with E-state index in [-0.39, 0.29) is 6.10 Å². The van der Waals surface area contributed by atoms with Gasteiger partial charge in [0.1, 0.15) is 11.5 Å². The van der Waals surface area contributed by atoms with Crippen molar-refractivity contribution in [1.82, 2.24) is 4.90 Å². The molecule has 1 fully saturated rings. The molecule has 5 heteroatoms. The van der Waals surface area contributed by atoms with Crippen molar-refractivity contribution >= 4 is 11.8 Å². The second-order valence-electron chi connectivity index (χ2n) is 7.41. The molecule has 1 aliphatic rings. The highest BCUT2D eigenvalue weighted by molar-refractivity contribution is 7.98. The Labute approximate surface area is 172 Å². The summed E-state index contributed by atoms with van der Waals surface area (Å²) in [6, 6.07) is 15.3. The van der Waals surface area contributed by atoms with Gasteiger partial charge in [0.2, 0.25) is 0 Å². The molecule has 2 aromatic carbocycles. The number of aliphatic hydroxyl groups excluding tert-OH is 1. The molecule has 1 saturated carbocycles. The molecule has 1 aliphatic carbocycles. The van der Waals surface area contributed by atoms with Gasteiger partial charge in [-0.25, -0.2) is 0 Å². The lowest BCUT2D eigenvalue weighted by Crippen LogP contribution is -2.38. The van der Waals surface area contributed by atoms with E-state index in [4.69, 9.17) is 9.47 Å². The zero-order chi connectivity index (χ0) is 19.9. The van der Waals surface area contributed by atoms with Crippen LogP contribution in [-0.4, -0.2) is 42.6 Å². The van der Waals surface area contributed by atoms with Crippen molar-refractivity contribution in [2.75, 3.05) is 20.5 Å². The molecule has 0 radical (unpaired) electrons. The molecule has 1 N–H and O–H groups in total. The second-order valence-corrected chi connectivity index (χ2v) is 8.26. The monoisotopic (exact) mass is 401 g/mol. The van der Waals surface area contributed by atoms with Gasteiger partial charge in [-0.2, -0.15) is 0 Å². The first-order valence-corrected chi connectivity index (χ1v) is 11.1. The van der Waals surface area contributed by atoms with Crippen LogP contribution in [0.4, 0.5) is 0 Å². The molecule has 0 aliphatic heterocycles. The van der Waals surface area contributed by atoms with E-state index < -0.39 is 0 Å². The Balaban J connectivity index is 1.81. The number of benzene rings is 2. The minimum absolute atomic E-state index is 0.143. The van der Waals surface area contributed by atoms with E-state index in [9.17, 15) is 5.11 Å². The van der Waals surface area contributed by atoms with Crippen LogP contribution in [0, 0.1) is 0 Å². The Bertz CT molecular complexity index is 759. The van der Waals surface area contributed by atoms with Crippen LogP contribution in [0.5, 0.6) is 11.5 Å². The SMILES string of the molecule is COc1cccc(CN(Cc2ccc(SC)c(OC)c2)C2CCC(O)CC2)c1. The van der Waals surface area contributed by atoms with Crippen LogP contribution in [0.1, 0.15) is 36.8 Å². The lowest BCUT2D eigenvalue weighted by atomic mass is 9.91. The number of rotatable bonds is 8. The summed E-state index contributed by atoms with van der Waals surface area (Å²) in [5.74, 6) is 1.83. The summed E-state index contributed by atoms with van der Waals surface area (Å²) >= 11 is 1.70. The summed E-state index contributed by atoms with van der Waals surface area (Å²) in [6.07, 6.45) is 5.76. The summed E-state index contributed by atoms with van der Waals surface area (Å²) in [6.45, 7) is 1.73. The maximum absolute atomic E-state index is 9.93. The molecule has 0 bridgehead atoms. The van der Waals surface area contributed by atoms with E-state index in [1.807, 2.05) is 12.1 Å². The fraction of sp³-hybridized carbons (Fsp3) is 0.478. The van der Waals surface area contributed by atoms with Gasteiger partial charge in [0, 0.05) is 24.0 Å². The molecule has 4 nitrogen and oxygen atoms in total. The Morgan fingerprint density at radius 3 is 2.32 bits per heavy atom. The third kappa shape index (κ3) is 5.43. The summed E-state index contributed by atoms with van der Waals surface area (Å²) in [7, 11) is 3.44. The fourth-order valence-electron chi connectivity index (χ4n) is 3.96. The molecule has 0 heterocycles. The van der Waals surface area contributed by atoms with Gasteiger partial charge in [-0.3, -0.25) is 4.90 Å². The predicted octanol–water partition coefficient (Wildman–Crippen LogP) is 4.73. The molecular weight excluding hydrogens is 370 g/mol. The second kappa shape index (κ2) is 10.2. The Morgan fingerprint density at radius 2 is 1.68 bits per heavy atom. The molecule has 152 valence electrons. The summed E-state index contributed by atoms with van der Waals surface area (Å²) in [4.78, 5) is 3.69. The number of hydrogen-bond donors (Lipinski definition) is 1. The van der Waals surface area contributed by atoms with Gasteiger partial charge in [-0.05, 0) is 67.3 Å². The minimum Gasteiger partial charge on any atom is -0.497 e.